The average Bonchev–Trinajstić information content (AvgIpc) is 2.68. The van der Waals surface area contributed by atoms with E-state index >= 15 is 0 Å². The highest BCUT2D eigenvalue weighted by Gasteiger charge is 2.32. The lowest BCUT2D eigenvalue weighted by atomic mass is 9.93. The van der Waals surface area contributed by atoms with Gasteiger partial charge in [0.25, 0.3) is 5.91 Å². The first-order valence-corrected chi connectivity index (χ1v) is 10.00. The van der Waals surface area contributed by atoms with Crippen LogP contribution in [0.25, 0.3) is 0 Å². The maximum atomic E-state index is 14.1. The largest absolute Gasteiger partial charge is 0.305 e. The summed E-state index contributed by atoms with van der Waals surface area (Å²) in [5, 5.41) is 0.886. The van der Waals surface area contributed by atoms with Gasteiger partial charge in [0.2, 0.25) is 0 Å². The van der Waals surface area contributed by atoms with Crippen molar-refractivity contribution in [2.45, 2.75) is 19.4 Å². The van der Waals surface area contributed by atoms with Gasteiger partial charge in [0.1, 0.15) is 11.6 Å². The molecule has 1 aliphatic rings. The Balaban J connectivity index is 1.80. The second-order valence-electron chi connectivity index (χ2n) is 7.08. The van der Waals surface area contributed by atoms with Crippen LogP contribution >= 0.6 is 23.2 Å². The molecule has 3 aromatic rings. The Morgan fingerprint density at radius 1 is 0.967 bits per heavy atom. The third-order valence-electron chi connectivity index (χ3n) is 4.88. The minimum Gasteiger partial charge on any atom is -0.305 e. The van der Waals surface area contributed by atoms with E-state index in [0.717, 1.165) is 0 Å². The van der Waals surface area contributed by atoms with Crippen molar-refractivity contribution in [2.75, 3.05) is 4.90 Å². The van der Waals surface area contributed by atoms with Gasteiger partial charge < -0.3 is 4.90 Å². The van der Waals surface area contributed by atoms with Gasteiger partial charge in [0, 0.05) is 33.6 Å². The molecule has 0 aromatic heterocycles. The highest BCUT2D eigenvalue weighted by Crippen LogP contribution is 2.35. The van der Waals surface area contributed by atoms with Crippen molar-refractivity contribution in [1.82, 2.24) is 0 Å². The quantitative estimate of drug-likeness (QED) is 0.426. The SMILES string of the molecule is CC1CC(=Nc2cc(Cl)cc(Cl)c2)c2cc(F)ccc2N1C(=O)c1ccc(F)cc1. The molecule has 0 spiro atoms. The van der Waals surface area contributed by atoms with Crippen molar-refractivity contribution in [2.24, 2.45) is 4.99 Å². The summed E-state index contributed by atoms with van der Waals surface area (Å²) in [5.74, 6) is -1.15. The lowest BCUT2D eigenvalue weighted by Gasteiger charge is -2.36. The van der Waals surface area contributed by atoms with Crippen LogP contribution in [0.15, 0.2) is 65.7 Å². The molecule has 1 amide bonds. The maximum absolute atomic E-state index is 14.1. The zero-order chi connectivity index (χ0) is 21.4. The van der Waals surface area contributed by atoms with E-state index in [1.807, 2.05) is 6.92 Å². The van der Waals surface area contributed by atoms with E-state index in [-0.39, 0.29) is 11.9 Å². The Bertz CT molecular complexity index is 1140. The number of aliphatic imine (C=N–C) groups is 1. The summed E-state index contributed by atoms with van der Waals surface area (Å²) in [6.07, 6.45) is 0.396. The average molecular weight is 445 g/mol. The van der Waals surface area contributed by atoms with Gasteiger partial charge in [-0.05, 0) is 67.6 Å². The first kappa shape index (κ1) is 20.5. The monoisotopic (exact) mass is 444 g/mol. The molecule has 1 atom stereocenters. The molecule has 0 N–H and O–H groups in total. The summed E-state index contributed by atoms with van der Waals surface area (Å²) < 4.78 is 27.4. The van der Waals surface area contributed by atoms with Gasteiger partial charge in [0.05, 0.1) is 17.1 Å². The highest BCUT2D eigenvalue weighted by molar-refractivity contribution is 6.35. The maximum Gasteiger partial charge on any atom is 0.258 e. The number of halogens is 4. The van der Waals surface area contributed by atoms with Crippen molar-refractivity contribution in [3.8, 4) is 0 Å². The van der Waals surface area contributed by atoms with Gasteiger partial charge in [-0.15, -0.1) is 0 Å². The van der Waals surface area contributed by atoms with E-state index in [2.05, 4.69) is 4.99 Å². The first-order chi connectivity index (χ1) is 14.3. The fraction of sp³-hybridized carbons (Fsp3) is 0.130. The molecular weight excluding hydrogens is 429 g/mol. The first-order valence-electron chi connectivity index (χ1n) is 9.24. The summed E-state index contributed by atoms with van der Waals surface area (Å²) >= 11 is 12.1. The van der Waals surface area contributed by atoms with E-state index in [4.69, 9.17) is 23.2 Å². The minimum absolute atomic E-state index is 0.256. The number of nitrogens with zero attached hydrogens (tertiary/aromatic N) is 2. The highest BCUT2D eigenvalue weighted by atomic mass is 35.5. The summed E-state index contributed by atoms with van der Waals surface area (Å²) in [6, 6.07) is 14.2. The molecule has 30 heavy (non-hydrogen) atoms. The molecule has 7 heteroatoms. The molecule has 0 radical (unpaired) electrons. The molecule has 1 unspecified atom stereocenters. The lowest BCUT2D eigenvalue weighted by molar-refractivity contribution is 0.0978. The molecule has 152 valence electrons. The normalized spacial score (nSPS) is 17.2. The van der Waals surface area contributed by atoms with Crippen LogP contribution in [0.2, 0.25) is 10.0 Å². The number of amides is 1. The molecule has 3 nitrogen and oxygen atoms in total. The lowest BCUT2D eigenvalue weighted by Crippen LogP contribution is -2.44. The van der Waals surface area contributed by atoms with E-state index in [1.165, 1.54) is 36.4 Å². The summed E-state index contributed by atoms with van der Waals surface area (Å²) in [5.41, 5.74) is 2.57. The van der Waals surface area contributed by atoms with Crippen molar-refractivity contribution < 1.29 is 13.6 Å². The molecule has 1 heterocycles. The van der Waals surface area contributed by atoms with Crippen molar-refractivity contribution >= 4 is 46.2 Å². The van der Waals surface area contributed by atoms with Gasteiger partial charge in [0.15, 0.2) is 0 Å². The molecule has 1 aliphatic heterocycles. The Morgan fingerprint density at radius 3 is 2.27 bits per heavy atom. The summed E-state index contributed by atoms with van der Waals surface area (Å²) in [7, 11) is 0. The van der Waals surface area contributed by atoms with E-state index in [0.29, 0.717) is 44.7 Å². The topological polar surface area (TPSA) is 32.7 Å². The molecule has 0 saturated carbocycles. The van der Waals surface area contributed by atoms with Crippen LogP contribution in [0, 0.1) is 11.6 Å². The van der Waals surface area contributed by atoms with Crippen LogP contribution in [-0.4, -0.2) is 17.7 Å². The van der Waals surface area contributed by atoms with Crippen LogP contribution in [0.1, 0.15) is 29.3 Å². The molecule has 4 rings (SSSR count). The zero-order valence-electron chi connectivity index (χ0n) is 15.9. The standard InChI is InChI=1S/C23H16Cl2F2N2O/c1-13-8-21(28-19-10-15(24)9-16(25)11-19)20-12-18(27)6-7-22(20)29(13)23(30)14-2-4-17(26)5-3-14/h2-7,9-13H,8H2,1H3. The van der Waals surface area contributed by atoms with Crippen LogP contribution in [-0.2, 0) is 0 Å². The fourth-order valence-corrected chi connectivity index (χ4v) is 4.09. The molecule has 0 bridgehead atoms. The predicted octanol–water partition coefficient (Wildman–Crippen LogP) is 6.83. The minimum atomic E-state index is -0.436. The Kier molecular flexibility index (Phi) is 5.58. The van der Waals surface area contributed by atoms with Gasteiger partial charge >= 0.3 is 0 Å². The number of carbonyl (C=O) groups is 1. The van der Waals surface area contributed by atoms with Crippen LogP contribution in [0.5, 0.6) is 0 Å². The molecule has 0 fully saturated rings. The zero-order valence-corrected chi connectivity index (χ0v) is 17.4. The number of hydrogen-bond donors (Lipinski definition) is 0. The van der Waals surface area contributed by atoms with Gasteiger partial charge in [-0.1, -0.05) is 23.2 Å². The Hall–Kier alpha value is -2.76. The molecular formula is C23H16Cl2F2N2O. The predicted molar refractivity (Wildman–Crippen MR) is 116 cm³/mol. The number of hydrogen-bond acceptors (Lipinski definition) is 2. The van der Waals surface area contributed by atoms with E-state index in [1.54, 1.807) is 29.2 Å². The number of fused-ring (bicyclic) bond motifs is 1. The molecule has 0 aliphatic carbocycles. The number of carbonyl (C=O) groups excluding carboxylic acids is 1. The Labute approximate surface area is 182 Å². The fourth-order valence-electron chi connectivity index (χ4n) is 3.57. The number of rotatable bonds is 2. The van der Waals surface area contributed by atoms with Gasteiger partial charge in [-0.25, -0.2) is 8.78 Å². The summed E-state index contributed by atoms with van der Waals surface area (Å²) in [4.78, 5) is 19.4. The molecule has 0 saturated heterocycles. The van der Waals surface area contributed by atoms with Crippen molar-refractivity contribution in [3.63, 3.8) is 0 Å². The van der Waals surface area contributed by atoms with Crippen LogP contribution in [0.4, 0.5) is 20.2 Å². The van der Waals surface area contributed by atoms with Gasteiger partial charge in [-0.2, -0.15) is 0 Å². The second-order valence-corrected chi connectivity index (χ2v) is 7.96. The second kappa shape index (κ2) is 8.17. The van der Waals surface area contributed by atoms with Crippen molar-refractivity contribution in [3.05, 3.63) is 93.5 Å². The number of anilines is 1. The third-order valence-corrected chi connectivity index (χ3v) is 5.32. The smallest absolute Gasteiger partial charge is 0.258 e. The number of benzene rings is 3. The van der Waals surface area contributed by atoms with Crippen LogP contribution < -0.4 is 4.90 Å². The van der Waals surface area contributed by atoms with Gasteiger partial charge in [-0.3, -0.25) is 9.79 Å². The van der Waals surface area contributed by atoms with E-state index < -0.39 is 11.6 Å². The van der Waals surface area contributed by atoms with E-state index in [9.17, 15) is 13.6 Å². The molecule has 3 aromatic carbocycles. The van der Waals surface area contributed by atoms with Crippen LogP contribution in [0.3, 0.4) is 0 Å². The van der Waals surface area contributed by atoms with Crippen molar-refractivity contribution in [1.29, 1.82) is 0 Å². The summed E-state index contributed by atoms with van der Waals surface area (Å²) in [6.45, 7) is 1.88. The Morgan fingerprint density at radius 2 is 1.60 bits per heavy atom. The third kappa shape index (κ3) is 4.09.